The van der Waals surface area contributed by atoms with Crippen LogP contribution in [0.5, 0.6) is 5.75 Å². The molecule has 2 aromatic rings. The van der Waals surface area contributed by atoms with Crippen molar-refractivity contribution in [2.24, 2.45) is 5.92 Å². The van der Waals surface area contributed by atoms with Gasteiger partial charge in [-0.15, -0.1) is 0 Å². The fraction of sp³-hybridized carbons (Fsp3) is 0.286. The minimum Gasteiger partial charge on any atom is -0.489 e. The first-order valence-electron chi connectivity index (χ1n) is 8.90. The second kappa shape index (κ2) is 8.49. The maximum atomic E-state index is 12.6. The first kappa shape index (κ1) is 18.6. The predicted octanol–water partition coefficient (Wildman–Crippen LogP) is 3.10. The Bertz CT molecular complexity index is 816. The molecule has 0 aliphatic carbocycles. The number of carbonyl (C=O) groups excluding carboxylic acids is 3. The number of ether oxygens (including phenoxy) is 2. The van der Waals surface area contributed by atoms with E-state index in [1.807, 2.05) is 30.3 Å². The van der Waals surface area contributed by atoms with E-state index in [1.54, 1.807) is 31.2 Å². The minimum atomic E-state index is -0.934. The molecule has 0 spiro atoms. The van der Waals surface area contributed by atoms with E-state index in [9.17, 15) is 14.4 Å². The van der Waals surface area contributed by atoms with E-state index in [-0.39, 0.29) is 25.4 Å². The van der Waals surface area contributed by atoms with E-state index in [1.165, 1.54) is 0 Å². The number of hydrogen-bond acceptors (Lipinski definition) is 5. The van der Waals surface area contributed by atoms with Gasteiger partial charge in [0.1, 0.15) is 18.3 Å². The van der Waals surface area contributed by atoms with Crippen LogP contribution in [0.25, 0.3) is 0 Å². The van der Waals surface area contributed by atoms with Crippen LogP contribution in [0, 0.1) is 5.92 Å². The van der Waals surface area contributed by atoms with Crippen LogP contribution in [0.15, 0.2) is 54.6 Å². The van der Waals surface area contributed by atoms with Gasteiger partial charge in [0.15, 0.2) is 0 Å². The quantitative estimate of drug-likeness (QED) is 0.446. The molecule has 0 saturated carbocycles. The molecule has 1 aliphatic rings. The van der Waals surface area contributed by atoms with Gasteiger partial charge >= 0.3 is 5.97 Å². The van der Waals surface area contributed by atoms with E-state index in [2.05, 4.69) is 0 Å². The largest absolute Gasteiger partial charge is 0.489 e. The lowest BCUT2D eigenvalue weighted by Gasteiger charge is -2.29. The summed E-state index contributed by atoms with van der Waals surface area (Å²) in [6.45, 7) is 2.30. The molecule has 1 heterocycles. The van der Waals surface area contributed by atoms with Crippen LogP contribution in [0.3, 0.4) is 0 Å². The molecule has 1 aliphatic heterocycles. The topological polar surface area (TPSA) is 72.9 Å². The molecule has 1 saturated heterocycles. The molecule has 1 unspecified atom stereocenters. The number of imide groups is 1. The zero-order chi connectivity index (χ0) is 19.2. The van der Waals surface area contributed by atoms with Crippen molar-refractivity contribution in [3.05, 3.63) is 60.2 Å². The van der Waals surface area contributed by atoms with Crippen LogP contribution in [-0.4, -0.2) is 24.4 Å². The van der Waals surface area contributed by atoms with Crippen LogP contribution in [0.4, 0.5) is 5.69 Å². The van der Waals surface area contributed by atoms with Crippen molar-refractivity contribution in [1.29, 1.82) is 0 Å². The van der Waals surface area contributed by atoms with Crippen LogP contribution in [0.1, 0.15) is 25.3 Å². The second-order valence-electron chi connectivity index (χ2n) is 6.18. The third-order valence-electron chi connectivity index (χ3n) is 4.33. The molecule has 3 rings (SSSR count). The normalized spacial score (nSPS) is 16.9. The summed E-state index contributed by atoms with van der Waals surface area (Å²) < 4.78 is 10.7. The number of piperidine rings is 1. The first-order valence-corrected chi connectivity index (χ1v) is 8.90. The Morgan fingerprint density at radius 1 is 1.07 bits per heavy atom. The average Bonchev–Trinajstić information content (AvgIpc) is 2.68. The maximum Gasteiger partial charge on any atom is 0.318 e. The molecular weight excluding hydrogens is 346 g/mol. The van der Waals surface area contributed by atoms with E-state index in [0.29, 0.717) is 18.0 Å². The highest BCUT2D eigenvalue weighted by Crippen LogP contribution is 2.28. The van der Waals surface area contributed by atoms with Gasteiger partial charge in [-0.1, -0.05) is 30.3 Å². The molecule has 0 aromatic heterocycles. The molecular formula is C21H21NO5. The average molecular weight is 367 g/mol. The fourth-order valence-electron chi connectivity index (χ4n) is 2.95. The van der Waals surface area contributed by atoms with Gasteiger partial charge in [-0.05, 0) is 43.2 Å². The summed E-state index contributed by atoms with van der Waals surface area (Å²) in [4.78, 5) is 37.9. The van der Waals surface area contributed by atoms with Gasteiger partial charge in [-0.25, -0.2) is 4.90 Å². The summed E-state index contributed by atoms with van der Waals surface area (Å²) in [7, 11) is 0. The predicted molar refractivity (Wildman–Crippen MR) is 99.1 cm³/mol. The number of esters is 1. The summed E-state index contributed by atoms with van der Waals surface area (Å²) in [5.74, 6) is -1.75. The number of amides is 2. The number of nitrogens with zero attached hydrogens (tertiary/aromatic N) is 1. The zero-order valence-corrected chi connectivity index (χ0v) is 15.1. The molecule has 140 valence electrons. The van der Waals surface area contributed by atoms with Gasteiger partial charge in [0.25, 0.3) is 0 Å². The third kappa shape index (κ3) is 4.34. The molecule has 0 bridgehead atoms. The molecule has 2 amide bonds. The van der Waals surface area contributed by atoms with Crippen molar-refractivity contribution >= 4 is 23.5 Å². The lowest BCUT2D eigenvalue weighted by atomic mass is 9.96. The van der Waals surface area contributed by atoms with Crippen LogP contribution in [-0.2, 0) is 25.7 Å². The Kier molecular flexibility index (Phi) is 5.86. The fourth-order valence-corrected chi connectivity index (χ4v) is 2.95. The van der Waals surface area contributed by atoms with Crippen LogP contribution >= 0.6 is 0 Å². The monoisotopic (exact) mass is 367 g/mol. The van der Waals surface area contributed by atoms with Crippen LogP contribution < -0.4 is 9.64 Å². The van der Waals surface area contributed by atoms with Crippen molar-refractivity contribution in [1.82, 2.24) is 0 Å². The SMILES string of the molecule is CCOC(=O)C1CCC(=O)N(c2ccc(OCc3ccccc3)cc2)C1=O. The lowest BCUT2D eigenvalue weighted by Crippen LogP contribution is -2.48. The number of rotatable bonds is 6. The van der Waals surface area contributed by atoms with Crippen molar-refractivity contribution < 1.29 is 23.9 Å². The number of hydrogen-bond donors (Lipinski definition) is 0. The molecule has 6 heteroatoms. The molecule has 1 fully saturated rings. The Morgan fingerprint density at radius 3 is 2.44 bits per heavy atom. The standard InChI is InChI=1S/C21H21NO5/c1-2-26-21(25)18-12-13-19(23)22(20(18)24)16-8-10-17(11-9-16)27-14-15-6-4-3-5-7-15/h3-11,18H,2,12-14H2,1H3. The summed E-state index contributed by atoms with van der Waals surface area (Å²) in [6.07, 6.45) is 0.312. The van der Waals surface area contributed by atoms with Gasteiger partial charge in [-0.2, -0.15) is 0 Å². The molecule has 0 N–H and O–H groups in total. The van der Waals surface area contributed by atoms with Crippen LogP contribution in [0.2, 0.25) is 0 Å². The van der Waals surface area contributed by atoms with Gasteiger partial charge in [-0.3, -0.25) is 14.4 Å². The maximum absolute atomic E-state index is 12.6. The highest BCUT2D eigenvalue weighted by Gasteiger charge is 2.40. The van der Waals surface area contributed by atoms with Gasteiger partial charge < -0.3 is 9.47 Å². The molecule has 0 radical (unpaired) electrons. The minimum absolute atomic E-state index is 0.126. The van der Waals surface area contributed by atoms with Crippen molar-refractivity contribution in [2.75, 3.05) is 11.5 Å². The van der Waals surface area contributed by atoms with E-state index in [0.717, 1.165) is 10.5 Å². The highest BCUT2D eigenvalue weighted by atomic mass is 16.5. The van der Waals surface area contributed by atoms with E-state index >= 15 is 0 Å². The second-order valence-corrected chi connectivity index (χ2v) is 6.18. The molecule has 6 nitrogen and oxygen atoms in total. The third-order valence-corrected chi connectivity index (χ3v) is 4.33. The van der Waals surface area contributed by atoms with Crippen molar-refractivity contribution in [3.63, 3.8) is 0 Å². The summed E-state index contributed by atoms with van der Waals surface area (Å²) in [6, 6.07) is 16.4. The zero-order valence-electron chi connectivity index (χ0n) is 15.1. The Morgan fingerprint density at radius 2 is 1.78 bits per heavy atom. The Balaban J connectivity index is 1.70. The van der Waals surface area contributed by atoms with Gasteiger partial charge in [0.2, 0.25) is 11.8 Å². The molecule has 2 aromatic carbocycles. The Labute approximate surface area is 157 Å². The number of anilines is 1. The molecule has 27 heavy (non-hydrogen) atoms. The number of benzene rings is 2. The van der Waals surface area contributed by atoms with E-state index < -0.39 is 17.8 Å². The Hall–Kier alpha value is -3.15. The first-order chi connectivity index (χ1) is 13.1. The number of carbonyl (C=O) groups is 3. The lowest BCUT2D eigenvalue weighted by molar-refractivity contribution is -0.153. The van der Waals surface area contributed by atoms with Crippen molar-refractivity contribution in [3.8, 4) is 5.75 Å². The summed E-state index contributed by atoms with van der Waals surface area (Å²) in [5.41, 5.74) is 1.46. The van der Waals surface area contributed by atoms with Gasteiger partial charge in [0.05, 0.1) is 12.3 Å². The summed E-state index contributed by atoms with van der Waals surface area (Å²) in [5, 5.41) is 0. The molecule has 1 atom stereocenters. The summed E-state index contributed by atoms with van der Waals surface area (Å²) >= 11 is 0. The van der Waals surface area contributed by atoms with Gasteiger partial charge in [0, 0.05) is 6.42 Å². The smallest absolute Gasteiger partial charge is 0.318 e. The highest BCUT2D eigenvalue weighted by molar-refractivity contribution is 6.21. The van der Waals surface area contributed by atoms with Crippen molar-refractivity contribution in [2.45, 2.75) is 26.4 Å². The van der Waals surface area contributed by atoms with E-state index in [4.69, 9.17) is 9.47 Å².